The van der Waals surface area contributed by atoms with Crippen molar-refractivity contribution in [3.05, 3.63) is 0 Å². The minimum atomic E-state index is -0.433. The molecular weight excluding hydrogens is 258 g/mol. The van der Waals surface area contributed by atoms with Crippen molar-refractivity contribution in [2.24, 2.45) is 5.92 Å². The third kappa shape index (κ3) is 3.70. The van der Waals surface area contributed by atoms with E-state index in [9.17, 15) is 14.7 Å². The Morgan fingerprint density at radius 2 is 2.25 bits per heavy atom. The number of hydrogen-bond donors (Lipinski definition) is 3. The van der Waals surface area contributed by atoms with Crippen LogP contribution in [0.3, 0.4) is 0 Å². The number of nitrogens with one attached hydrogen (secondary N) is 2. The maximum atomic E-state index is 12.3. The lowest BCUT2D eigenvalue weighted by atomic mass is 9.96. The van der Waals surface area contributed by atoms with E-state index >= 15 is 0 Å². The second kappa shape index (κ2) is 7.04. The smallest absolute Gasteiger partial charge is 0.239 e. The minimum absolute atomic E-state index is 0.0227. The van der Waals surface area contributed by atoms with Gasteiger partial charge in [-0.15, -0.1) is 0 Å². The Kier molecular flexibility index (Phi) is 5.37. The summed E-state index contributed by atoms with van der Waals surface area (Å²) in [6.07, 6.45) is 2.68. The molecule has 0 aromatic rings. The zero-order valence-corrected chi connectivity index (χ0v) is 12.1. The molecule has 6 heteroatoms. The summed E-state index contributed by atoms with van der Waals surface area (Å²) in [5, 5.41) is 15.4. The molecule has 0 spiro atoms. The van der Waals surface area contributed by atoms with Crippen molar-refractivity contribution in [2.45, 2.75) is 44.8 Å². The molecule has 6 nitrogen and oxygen atoms in total. The summed E-state index contributed by atoms with van der Waals surface area (Å²) in [4.78, 5) is 26.1. The SMILES string of the molecule is CCCNC(=O)C1CCCN(C(=O)C2CC(O)CN2)C1. The van der Waals surface area contributed by atoms with Gasteiger partial charge in [-0.05, 0) is 25.7 Å². The van der Waals surface area contributed by atoms with Crippen LogP contribution in [0.25, 0.3) is 0 Å². The van der Waals surface area contributed by atoms with Crippen LogP contribution >= 0.6 is 0 Å². The van der Waals surface area contributed by atoms with E-state index in [4.69, 9.17) is 0 Å². The molecule has 2 rings (SSSR count). The number of likely N-dealkylation sites (tertiary alicyclic amines) is 1. The van der Waals surface area contributed by atoms with Crippen LogP contribution in [0.1, 0.15) is 32.6 Å². The topological polar surface area (TPSA) is 81.7 Å². The monoisotopic (exact) mass is 283 g/mol. The average Bonchev–Trinajstić information content (AvgIpc) is 2.90. The predicted molar refractivity (Wildman–Crippen MR) is 75.0 cm³/mol. The van der Waals surface area contributed by atoms with Gasteiger partial charge in [0.2, 0.25) is 11.8 Å². The molecule has 2 saturated heterocycles. The molecule has 2 fully saturated rings. The van der Waals surface area contributed by atoms with Crippen molar-refractivity contribution in [2.75, 3.05) is 26.2 Å². The second-order valence-corrected chi connectivity index (χ2v) is 5.76. The second-order valence-electron chi connectivity index (χ2n) is 5.76. The Balaban J connectivity index is 1.86. The Morgan fingerprint density at radius 1 is 1.45 bits per heavy atom. The Morgan fingerprint density at radius 3 is 2.90 bits per heavy atom. The number of rotatable bonds is 4. The van der Waals surface area contributed by atoms with Crippen LogP contribution in [0.2, 0.25) is 0 Å². The Labute approximate surface area is 119 Å². The highest BCUT2D eigenvalue weighted by Gasteiger charge is 2.34. The normalized spacial score (nSPS) is 30.3. The van der Waals surface area contributed by atoms with E-state index in [2.05, 4.69) is 10.6 Å². The van der Waals surface area contributed by atoms with E-state index in [0.29, 0.717) is 32.6 Å². The van der Waals surface area contributed by atoms with Gasteiger partial charge in [0.25, 0.3) is 0 Å². The maximum absolute atomic E-state index is 12.3. The molecule has 20 heavy (non-hydrogen) atoms. The predicted octanol–water partition coefficient (Wildman–Crippen LogP) is -0.526. The molecule has 114 valence electrons. The van der Waals surface area contributed by atoms with Crippen molar-refractivity contribution in [1.29, 1.82) is 0 Å². The molecule has 0 saturated carbocycles. The summed E-state index contributed by atoms with van der Waals surface area (Å²) < 4.78 is 0. The molecule has 0 aromatic heterocycles. The summed E-state index contributed by atoms with van der Waals surface area (Å²) >= 11 is 0. The number of carbonyl (C=O) groups excluding carboxylic acids is 2. The molecule has 0 aromatic carbocycles. The van der Waals surface area contributed by atoms with Gasteiger partial charge in [-0.2, -0.15) is 0 Å². The first kappa shape index (κ1) is 15.3. The van der Waals surface area contributed by atoms with E-state index in [1.807, 2.05) is 6.92 Å². The zero-order valence-electron chi connectivity index (χ0n) is 12.1. The van der Waals surface area contributed by atoms with Crippen LogP contribution in [-0.4, -0.2) is 60.1 Å². The Bertz CT molecular complexity index is 362. The van der Waals surface area contributed by atoms with Gasteiger partial charge in [-0.1, -0.05) is 6.92 Å². The molecule has 0 aliphatic carbocycles. The van der Waals surface area contributed by atoms with Crippen LogP contribution in [-0.2, 0) is 9.59 Å². The van der Waals surface area contributed by atoms with Crippen molar-refractivity contribution in [3.8, 4) is 0 Å². The molecule has 0 bridgehead atoms. The number of hydrogen-bond acceptors (Lipinski definition) is 4. The van der Waals surface area contributed by atoms with Gasteiger partial charge >= 0.3 is 0 Å². The van der Waals surface area contributed by atoms with Crippen molar-refractivity contribution >= 4 is 11.8 Å². The van der Waals surface area contributed by atoms with Crippen molar-refractivity contribution in [1.82, 2.24) is 15.5 Å². The molecule has 2 aliphatic heterocycles. The highest BCUT2D eigenvalue weighted by molar-refractivity contribution is 5.84. The molecule has 2 aliphatic rings. The maximum Gasteiger partial charge on any atom is 0.239 e. The zero-order chi connectivity index (χ0) is 14.5. The van der Waals surface area contributed by atoms with Crippen LogP contribution in [0.5, 0.6) is 0 Å². The lowest BCUT2D eigenvalue weighted by Crippen LogP contribution is -2.50. The summed E-state index contributed by atoms with van der Waals surface area (Å²) in [6, 6.07) is -0.289. The summed E-state index contributed by atoms with van der Waals surface area (Å²) in [6.45, 7) is 4.41. The number of amides is 2. The van der Waals surface area contributed by atoms with Crippen LogP contribution < -0.4 is 10.6 Å². The van der Waals surface area contributed by atoms with Gasteiger partial charge in [-0.25, -0.2) is 0 Å². The van der Waals surface area contributed by atoms with E-state index in [1.165, 1.54) is 0 Å². The molecule has 3 atom stereocenters. The number of carbonyl (C=O) groups is 2. The van der Waals surface area contributed by atoms with Crippen LogP contribution in [0.15, 0.2) is 0 Å². The largest absolute Gasteiger partial charge is 0.392 e. The summed E-state index contributed by atoms with van der Waals surface area (Å²) in [7, 11) is 0. The number of aliphatic hydroxyl groups excluding tert-OH is 1. The molecule has 2 heterocycles. The molecular formula is C14H25N3O3. The number of β-amino-alcohol motifs (C(OH)–C–C–N with tert-alkyl or cyclic N) is 1. The lowest BCUT2D eigenvalue weighted by molar-refractivity contribution is -0.137. The fourth-order valence-electron chi connectivity index (χ4n) is 2.91. The van der Waals surface area contributed by atoms with Gasteiger partial charge < -0.3 is 20.6 Å². The molecule has 0 radical (unpaired) electrons. The van der Waals surface area contributed by atoms with Crippen LogP contribution in [0, 0.1) is 5.92 Å². The number of aliphatic hydroxyl groups is 1. The van der Waals surface area contributed by atoms with E-state index in [1.54, 1.807) is 4.90 Å². The van der Waals surface area contributed by atoms with Gasteiger partial charge in [0, 0.05) is 26.2 Å². The van der Waals surface area contributed by atoms with E-state index in [-0.39, 0.29) is 23.8 Å². The van der Waals surface area contributed by atoms with Crippen molar-refractivity contribution < 1.29 is 14.7 Å². The van der Waals surface area contributed by atoms with Crippen molar-refractivity contribution in [3.63, 3.8) is 0 Å². The van der Waals surface area contributed by atoms with Gasteiger partial charge in [0.05, 0.1) is 18.1 Å². The first-order valence-corrected chi connectivity index (χ1v) is 7.59. The lowest BCUT2D eigenvalue weighted by Gasteiger charge is -2.33. The summed E-state index contributed by atoms with van der Waals surface area (Å²) in [5.74, 6) is -0.0103. The number of piperidine rings is 1. The minimum Gasteiger partial charge on any atom is -0.392 e. The van der Waals surface area contributed by atoms with Gasteiger partial charge in [0.1, 0.15) is 0 Å². The fourth-order valence-corrected chi connectivity index (χ4v) is 2.91. The van der Waals surface area contributed by atoms with E-state index < -0.39 is 6.10 Å². The standard InChI is InChI=1S/C14H25N3O3/c1-2-5-15-13(19)10-4-3-6-17(9-10)14(20)12-7-11(18)8-16-12/h10-12,16,18H,2-9H2,1H3,(H,15,19). The highest BCUT2D eigenvalue weighted by Crippen LogP contribution is 2.19. The fraction of sp³-hybridized carbons (Fsp3) is 0.857. The third-order valence-electron chi connectivity index (χ3n) is 4.06. The van der Waals surface area contributed by atoms with Gasteiger partial charge in [-0.3, -0.25) is 9.59 Å². The average molecular weight is 283 g/mol. The van der Waals surface area contributed by atoms with Crippen LogP contribution in [0.4, 0.5) is 0 Å². The third-order valence-corrected chi connectivity index (χ3v) is 4.06. The first-order chi connectivity index (χ1) is 9.61. The number of nitrogens with zero attached hydrogens (tertiary/aromatic N) is 1. The molecule has 3 N–H and O–H groups in total. The highest BCUT2D eigenvalue weighted by atomic mass is 16.3. The van der Waals surface area contributed by atoms with E-state index in [0.717, 1.165) is 19.3 Å². The Hall–Kier alpha value is -1.14. The summed E-state index contributed by atoms with van der Waals surface area (Å²) in [5.41, 5.74) is 0. The molecule has 3 unspecified atom stereocenters. The van der Waals surface area contributed by atoms with Gasteiger partial charge in [0.15, 0.2) is 0 Å². The quantitative estimate of drug-likeness (QED) is 0.648. The first-order valence-electron chi connectivity index (χ1n) is 7.59. The molecule has 2 amide bonds.